The number of carboxylic acids is 1. The fraction of sp³-hybridized carbons (Fsp3) is 0.263. The zero-order valence-electron chi connectivity index (χ0n) is 15.5. The highest BCUT2D eigenvalue weighted by molar-refractivity contribution is 5.98. The third kappa shape index (κ3) is 4.51. The van der Waals surface area contributed by atoms with Crippen molar-refractivity contribution in [2.24, 2.45) is 0 Å². The number of carbonyl (C=O) groups is 2. The van der Waals surface area contributed by atoms with Crippen LogP contribution in [0.15, 0.2) is 36.4 Å². The smallest absolute Gasteiger partial charge is 0.331 e. The van der Waals surface area contributed by atoms with E-state index in [1.165, 1.54) is 12.1 Å². The maximum Gasteiger partial charge on any atom is 0.331 e. The van der Waals surface area contributed by atoms with Crippen molar-refractivity contribution in [3.05, 3.63) is 69.3 Å². The van der Waals surface area contributed by atoms with Crippen molar-refractivity contribution in [2.75, 3.05) is 31.2 Å². The van der Waals surface area contributed by atoms with Gasteiger partial charge in [-0.05, 0) is 18.2 Å². The van der Waals surface area contributed by atoms with Gasteiger partial charge < -0.3 is 20.1 Å². The lowest BCUT2D eigenvalue weighted by Gasteiger charge is -2.28. The van der Waals surface area contributed by atoms with Crippen molar-refractivity contribution >= 4 is 23.3 Å². The van der Waals surface area contributed by atoms with Gasteiger partial charge in [0.2, 0.25) is 0 Å². The predicted octanol–water partition coefficient (Wildman–Crippen LogP) is 2.27. The minimum atomic E-state index is -1.81. The molecule has 0 aliphatic carbocycles. The molecular formula is C19H17F2N3O6. The van der Waals surface area contributed by atoms with Gasteiger partial charge in [0.1, 0.15) is 17.3 Å². The van der Waals surface area contributed by atoms with Crippen molar-refractivity contribution in [1.82, 2.24) is 5.32 Å². The van der Waals surface area contributed by atoms with E-state index in [1.807, 2.05) is 0 Å². The quantitative estimate of drug-likeness (QED) is 0.542. The van der Waals surface area contributed by atoms with Crippen molar-refractivity contribution in [3.63, 3.8) is 0 Å². The minimum absolute atomic E-state index is 0.174. The maximum absolute atomic E-state index is 14.0. The molecule has 0 saturated carbocycles. The summed E-state index contributed by atoms with van der Waals surface area (Å²) in [6, 6.07) is 4.20. The second-order valence-corrected chi connectivity index (χ2v) is 6.47. The van der Waals surface area contributed by atoms with E-state index in [0.29, 0.717) is 38.1 Å². The van der Waals surface area contributed by atoms with Crippen LogP contribution in [0.4, 0.5) is 20.2 Å². The van der Waals surface area contributed by atoms with E-state index in [9.17, 15) is 33.6 Å². The molecule has 158 valence electrons. The van der Waals surface area contributed by atoms with Gasteiger partial charge >= 0.3 is 5.97 Å². The number of rotatable bonds is 6. The van der Waals surface area contributed by atoms with Gasteiger partial charge in [0.05, 0.1) is 18.1 Å². The lowest BCUT2D eigenvalue weighted by molar-refractivity contribution is -0.384. The molecule has 0 bridgehead atoms. The molecule has 2 N–H and O–H groups in total. The van der Waals surface area contributed by atoms with Crippen LogP contribution >= 0.6 is 0 Å². The van der Waals surface area contributed by atoms with Gasteiger partial charge in [-0.25, -0.2) is 13.6 Å². The van der Waals surface area contributed by atoms with Crippen molar-refractivity contribution in [1.29, 1.82) is 0 Å². The Balaban J connectivity index is 1.88. The number of carboxylic acid groups (broad SMARTS) is 1. The molecule has 0 unspecified atom stereocenters. The van der Waals surface area contributed by atoms with E-state index in [-0.39, 0.29) is 11.3 Å². The first-order valence-corrected chi connectivity index (χ1v) is 8.87. The summed E-state index contributed by atoms with van der Waals surface area (Å²) >= 11 is 0. The molecule has 2 aromatic carbocycles. The van der Waals surface area contributed by atoms with Crippen molar-refractivity contribution in [3.8, 4) is 0 Å². The Labute approximate surface area is 169 Å². The summed E-state index contributed by atoms with van der Waals surface area (Å²) < 4.78 is 32.3. The molecule has 2 aromatic rings. The van der Waals surface area contributed by atoms with Crippen LogP contribution in [-0.4, -0.2) is 48.2 Å². The highest BCUT2D eigenvalue weighted by atomic mass is 19.1. The number of amides is 1. The Morgan fingerprint density at radius 3 is 2.47 bits per heavy atom. The van der Waals surface area contributed by atoms with Crippen LogP contribution in [0.1, 0.15) is 22.0 Å². The number of morpholine rings is 1. The fourth-order valence-corrected chi connectivity index (χ4v) is 3.11. The molecule has 1 heterocycles. The number of nitrogens with one attached hydrogen (secondary N) is 1. The number of anilines is 1. The lowest BCUT2D eigenvalue weighted by atomic mass is 10.0. The zero-order valence-corrected chi connectivity index (χ0v) is 15.5. The third-order valence-corrected chi connectivity index (χ3v) is 4.58. The molecule has 1 amide bonds. The second-order valence-electron chi connectivity index (χ2n) is 6.47. The molecule has 1 fully saturated rings. The number of nitro benzene ring substituents is 1. The van der Waals surface area contributed by atoms with E-state index < -0.39 is 40.0 Å². The summed E-state index contributed by atoms with van der Waals surface area (Å²) in [5.41, 5.74) is -0.646. The molecule has 0 spiro atoms. The Morgan fingerprint density at radius 1 is 1.17 bits per heavy atom. The van der Waals surface area contributed by atoms with Gasteiger partial charge in [-0.2, -0.15) is 0 Å². The average molecular weight is 421 g/mol. The number of ether oxygens (including phenoxy) is 1. The van der Waals surface area contributed by atoms with Crippen LogP contribution < -0.4 is 10.2 Å². The molecule has 3 rings (SSSR count). The van der Waals surface area contributed by atoms with E-state index in [4.69, 9.17) is 4.74 Å². The molecule has 1 aliphatic rings. The van der Waals surface area contributed by atoms with Crippen LogP contribution in [0.3, 0.4) is 0 Å². The number of nitrogens with zero attached hydrogens (tertiary/aromatic N) is 2. The van der Waals surface area contributed by atoms with E-state index >= 15 is 0 Å². The standard InChI is InChI=1S/C19H17F2N3O6/c20-12-2-3-13(14(21)10-12)17(19(26)27)22-18(25)11-1-4-15(16(9-11)24(28)29)23-5-7-30-8-6-23/h1-4,9-10,17H,5-8H2,(H,22,25)(H,26,27)/t17-/m0/s1. The normalized spacial score (nSPS) is 14.8. The van der Waals surface area contributed by atoms with Gasteiger partial charge in [0.15, 0.2) is 6.04 Å². The number of aliphatic carboxylic acids is 1. The van der Waals surface area contributed by atoms with Gasteiger partial charge in [0.25, 0.3) is 11.6 Å². The zero-order chi connectivity index (χ0) is 21.8. The molecule has 30 heavy (non-hydrogen) atoms. The Kier molecular flexibility index (Phi) is 6.21. The first kappa shape index (κ1) is 21.1. The lowest BCUT2D eigenvalue weighted by Crippen LogP contribution is -2.37. The third-order valence-electron chi connectivity index (χ3n) is 4.58. The van der Waals surface area contributed by atoms with Crippen LogP contribution in [0.5, 0.6) is 0 Å². The SMILES string of the molecule is O=C(N[C@H](C(=O)O)c1ccc(F)cc1F)c1ccc(N2CCOCC2)c([N+](=O)[O-])c1. The molecule has 1 atom stereocenters. The fourth-order valence-electron chi connectivity index (χ4n) is 3.11. The Hall–Kier alpha value is -3.60. The van der Waals surface area contributed by atoms with Crippen LogP contribution in [0.2, 0.25) is 0 Å². The summed E-state index contributed by atoms with van der Waals surface area (Å²) in [4.78, 5) is 36.7. The predicted molar refractivity (Wildman–Crippen MR) is 100 cm³/mol. The molecule has 9 nitrogen and oxygen atoms in total. The first-order valence-electron chi connectivity index (χ1n) is 8.87. The molecule has 0 aromatic heterocycles. The summed E-state index contributed by atoms with van der Waals surface area (Å²) in [6.45, 7) is 1.69. The van der Waals surface area contributed by atoms with Crippen molar-refractivity contribution in [2.45, 2.75) is 6.04 Å². The highest BCUT2D eigenvalue weighted by Gasteiger charge is 2.28. The van der Waals surface area contributed by atoms with Gasteiger partial charge in [-0.1, -0.05) is 6.07 Å². The number of nitro groups is 1. The van der Waals surface area contributed by atoms with Gasteiger partial charge in [0, 0.05) is 36.3 Å². The molecule has 1 saturated heterocycles. The molecule has 0 radical (unpaired) electrons. The van der Waals surface area contributed by atoms with E-state index in [0.717, 1.165) is 18.2 Å². The van der Waals surface area contributed by atoms with Crippen molar-refractivity contribution < 1.29 is 33.1 Å². The Morgan fingerprint density at radius 2 is 1.87 bits per heavy atom. The average Bonchev–Trinajstić information content (AvgIpc) is 2.72. The minimum Gasteiger partial charge on any atom is -0.479 e. The molecule has 11 heteroatoms. The summed E-state index contributed by atoms with van der Waals surface area (Å²) in [7, 11) is 0. The van der Waals surface area contributed by atoms with E-state index in [1.54, 1.807) is 4.90 Å². The summed E-state index contributed by atoms with van der Waals surface area (Å²) in [6.07, 6.45) is 0. The number of halogens is 2. The monoisotopic (exact) mass is 421 g/mol. The second kappa shape index (κ2) is 8.82. The largest absolute Gasteiger partial charge is 0.479 e. The van der Waals surface area contributed by atoms with Crippen LogP contribution in [0, 0.1) is 21.7 Å². The number of benzene rings is 2. The summed E-state index contributed by atoms with van der Waals surface area (Å²) in [5, 5.41) is 23.0. The first-order chi connectivity index (χ1) is 14.3. The maximum atomic E-state index is 14.0. The molecular weight excluding hydrogens is 404 g/mol. The number of hydrogen-bond acceptors (Lipinski definition) is 6. The van der Waals surface area contributed by atoms with Crippen LogP contribution in [-0.2, 0) is 9.53 Å². The number of hydrogen-bond donors (Lipinski definition) is 2. The topological polar surface area (TPSA) is 122 Å². The van der Waals surface area contributed by atoms with Gasteiger partial charge in [-0.3, -0.25) is 14.9 Å². The van der Waals surface area contributed by atoms with E-state index in [2.05, 4.69) is 5.32 Å². The highest BCUT2D eigenvalue weighted by Crippen LogP contribution is 2.30. The Bertz CT molecular complexity index is 994. The molecule has 1 aliphatic heterocycles. The van der Waals surface area contributed by atoms with Gasteiger partial charge in [-0.15, -0.1) is 0 Å². The number of carbonyl (C=O) groups excluding carboxylic acids is 1. The summed E-state index contributed by atoms with van der Waals surface area (Å²) in [5.74, 6) is -4.58. The van der Waals surface area contributed by atoms with Crippen LogP contribution in [0.25, 0.3) is 0 Å².